The zero-order chi connectivity index (χ0) is 11.5. The van der Waals surface area contributed by atoms with Crippen LogP contribution in [-0.4, -0.2) is 5.91 Å². The van der Waals surface area contributed by atoms with E-state index in [1.807, 2.05) is 23.6 Å². The van der Waals surface area contributed by atoms with Crippen molar-refractivity contribution in [2.75, 3.05) is 5.32 Å². The highest BCUT2D eigenvalue weighted by molar-refractivity contribution is 7.16. The molecule has 1 N–H and O–H groups in total. The molecule has 2 aromatic rings. The highest BCUT2D eigenvalue weighted by Gasteiger charge is 2.07. The fraction of sp³-hybridized carbons (Fsp3) is 0.250. The van der Waals surface area contributed by atoms with Gasteiger partial charge in [0.25, 0.3) is 0 Å². The third kappa shape index (κ3) is 2.71. The molecule has 0 aliphatic heterocycles. The molecule has 0 radical (unpaired) electrons. The van der Waals surface area contributed by atoms with Crippen LogP contribution >= 0.6 is 22.7 Å². The lowest BCUT2D eigenvalue weighted by Crippen LogP contribution is -2.12. The Kier molecular flexibility index (Phi) is 3.41. The molecule has 0 spiro atoms. The van der Waals surface area contributed by atoms with Gasteiger partial charge < -0.3 is 5.32 Å². The second kappa shape index (κ2) is 4.80. The van der Waals surface area contributed by atoms with Crippen LogP contribution in [0.4, 0.5) is 5.00 Å². The van der Waals surface area contributed by atoms with E-state index in [9.17, 15) is 4.79 Å². The van der Waals surface area contributed by atoms with Gasteiger partial charge in [-0.25, -0.2) is 0 Å². The predicted octanol–water partition coefficient (Wildman–Crippen LogP) is 3.61. The van der Waals surface area contributed by atoms with Gasteiger partial charge in [0.1, 0.15) is 0 Å². The first-order valence-corrected chi connectivity index (χ1v) is 6.74. The first-order chi connectivity index (χ1) is 7.65. The summed E-state index contributed by atoms with van der Waals surface area (Å²) in [5, 5.41) is 5.86. The Bertz CT molecular complexity index is 466. The first-order valence-electron chi connectivity index (χ1n) is 5.04. The van der Waals surface area contributed by atoms with E-state index in [1.54, 1.807) is 22.7 Å². The van der Waals surface area contributed by atoms with Crippen molar-refractivity contribution in [1.82, 2.24) is 0 Å². The number of carbonyl (C=O) groups excluding carboxylic acids is 1. The monoisotopic (exact) mass is 251 g/mol. The number of anilines is 1. The summed E-state index contributed by atoms with van der Waals surface area (Å²) in [6.45, 7) is 4.12. The molecule has 0 saturated heterocycles. The molecular weight excluding hydrogens is 238 g/mol. The molecule has 0 bridgehead atoms. The summed E-state index contributed by atoms with van der Waals surface area (Å²) in [5.41, 5.74) is 1.23. The second-order valence-corrected chi connectivity index (χ2v) is 5.94. The normalized spacial score (nSPS) is 10.4. The van der Waals surface area contributed by atoms with Crippen molar-refractivity contribution in [2.24, 2.45) is 0 Å². The number of carbonyl (C=O) groups is 1. The van der Waals surface area contributed by atoms with Gasteiger partial charge in [0, 0.05) is 9.75 Å². The molecule has 4 heteroatoms. The van der Waals surface area contributed by atoms with E-state index in [-0.39, 0.29) is 5.91 Å². The molecule has 84 valence electrons. The molecule has 0 fully saturated rings. The Morgan fingerprint density at radius 2 is 2.25 bits per heavy atom. The number of hydrogen-bond donors (Lipinski definition) is 1. The average molecular weight is 251 g/mol. The largest absolute Gasteiger partial charge is 0.317 e. The third-order valence-corrected chi connectivity index (χ3v) is 4.29. The van der Waals surface area contributed by atoms with E-state index < -0.39 is 0 Å². The fourth-order valence-corrected chi connectivity index (χ4v) is 3.04. The van der Waals surface area contributed by atoms with Crippen molar-refractivity contribution >= 4 is 33.6 Å². The number of rotatable bonds is 3. The smallest absolute Gasteiger partial charge is 0.230 e. The Balaban J connectivity index is 1.97. The van der Waals surface area contributed by atoms with Gasteiger partial charge in [-0.05, 0) is 36.9 Å². The van der Waals surface area contributed by atoms with Gasteiger partial charge in [-0.1, -0.05) is 6.07 Å². The summed E-state index contributed by atoms with van der Waals surface area (Å²) in [5.74, 6) is 0.0590. The Hall–Kier alpha value is -1.13. The lowest BCUT2D eigenvalue weighted by Gasteiger charge is -1.99. The number of hydrogen-bond acceptors (Lipinski definition) is 3. The van der Waals surface area contributed by atoms with Gasteiger partial charge in [-0.3, -0.25) is 4.79 Å². The zero-order valence-electron chi connectivity index (χ0n) is 9.24. The van der Waals surface area contributed by atoms with Crippen molar-refractivity contribution < 1.29 is 4.79 Å². The van der Waals surface area contributed by atoms with E-state index in [2.05, 4.69) is 19.2 Å². The van der Waals surface area contributed by atoms with Crippen LogP contribution in [0.5, 0.6) is 0 Å². The summed E-state index contributed by atoms with van der Waals surface area (Å²) in [7, 11) is 0. The van der Waals surface area contributed by atoms with Gasteiger partial charge >= 0.3 is 0 Å². The quantitative estimate of drug-likeness (QED) is 0.887. The summed E-state index contributed by atoms with van der Waals surface area (Å²) < 4.78 is 0. The summed E-state index contributed by atoms with van der Waals surface area (Å²) >= 11 is 3.24. The average Bonchev–Trinajstić information content (AvgIpc) is 2.78. The van der Waals surface area contributed by atoms with Gasteiger partial charge in [0.2, 0.25) is 5.91 Å². The standard InChI is InChI=1S/C12H13NOS2/c1-8-6-12(16-9(8)2)13-11(14)7-10-4-3-5-15-10/h3-6H,7H2,1-2H3,(H,13,14). The molecule has 0 saturated carbocycles. The predicted molar refractivity (Wildman–Crippen MR) is 70.4 cm³/mol. The Morgan fingerprint density at radius 3 is 2.81 bits per heavy atom. The van der Waals surface area contributed by atoms with Crippen molar-refractivity contribution in [3.8, 4) is 0 Å². The van der Waals surface area contributed by atoms with Crippen LogP contribution in [0.25, 0.3) is 0 Å². The zero-order valence-corrected chi connectivity index (χ0v) is 10.9. The van der Waals surface area contributed by atoms with Crippen molar-refractivity contribution in [3.63, 3.8) is 0 Å². The lowest BCUT2D eigenvalue weighted by atomic mass is 10.3. The van der Waals surface area contributed by atoms with E-state index in [4.69, 9.17) is 0 Å². The van der Waals surface area contributed by atoms with Crippen LogP contribution < -0.4 is 5.32 Å². The van der Waals surface area contributed by atoms with Crippen LogP contribution in [-0.2, 0) is 11.2 Å². The van der Waals surface area contributed by atoms with Crippen LogP contribution in [0.3, 0.4) is 0 Å². The topological polar surface area (TPSA) is 29.1 Å². The minimum absolute atomic E-state index is 0.0590. The molecule has 2 aromatic heterocycles. The summed E-state index contributed by atoms with van der Waals surface area (Å²) in [6.07, 6.45) is 0.466. The highest BCUT2D eigenvalue weighted by Crippen LogP contribution is 2.25. The molecule has 16 heavy (non-hydrogen) atoms. The van der Waals surface area contributed by atoms with Crippen molar-refractivity contribution in [1.29, 1.82) is 0 Å². The molecule has 2 heterocycles. The number of thiophene rings is 2. The van der Waals surface area contributed by atoms with E-state index in [0.29, 0.717) is 6.42 Å². The maximum Gasteiger partial charge on any atom is 0.230 e. The Labute approximate surface area is 103 Å². The molecule has 2 nitrogen and oxygen atoms in total. The van der Waals surface area contributed by atoms with Crippen LogP contribution in [0, 0.1) is 13.8 Å². The molecule has 0 atom stereocenters. The molecule has 0 aliphatic carbocycles. The van der Waals surface area contributed by atoms with Crippen LogP contribution in [0.15, 0.2) is 23.6 Å². The van der Waals surface area contributed by atoms with E-state index in [0.717, 1.165) is 9.88 Å². The van der Waals surface area contributed by atoms with Gasteiger partial charge in [-0.2, -0.15) is 0 Å². The van der Waals surface area contributed by atoms with Crippen molar-refractivity contribution in [3.05, 3.63) is 38.9 Å². The van der Waals surface area contributed by atoms with E-state index >= 15 is 0 Å². The highest BCUT2D eigenvalue weighted by atomic mass is 32.1. The molecular formula is C12H13NOS2. The maximum atomic E-state index is 11.7. The summed E-state index contributed by atoms with van der Waals surface area (Å²) in [4.78, 5) is 14.1. The number of nitrogens with one attached hydrogen (secondary N) is 1. The van der Waals surface area contributed by atoms with Gasteiger partial charge in [0.15, 0.2) is 0 Å². The SMILES string of the molecule is Cc1cc(NC(=O)Cc2cccs2)sc1C. The lowest BCUT2D eigenvalue weighted by molar-refractivity contribution is -0.115. The molecule has 0 aromatic carbocycles. The minimum atomic E-state index is 0.0590. The second-order valence-electron chi connectivity index (χ2n) is 3.65. The van der Waals surface area contributed by atoms with E-state index in [1.165, 1.54) is 10.4 Å². The number of aryl methyl sites for hydroxylation is 2. The summed E-state index contributed by atoms with van der Waals surface area (Å²) in [6, 6.07) is 5.97. The molecule has 1 amide bonds. The van der Waals surface area contributed by atoms with Crippen LogP contribution in [0.2, 0.25) is 0 Å². The molecule has 0 aliphatic rings. The fourth-order valence-electron chi connectivity index (χ4n) is 1.39. The molecule has 0 unspecified atom stereocenters. The number of amides is 1. The third-order valence-electron chi connectivity index (χ3n) is 2.34. The van der Waals surface area contributed by atoms with Gasteiger partial charge in [0.05, 0.1) is 11.4 Å². The molecule has 2 rings (SSSR count). The van der Waals surface area contributed by atoms with Crippen molar-refractivity contribution in [2.45, 2.75) is 20.3 Å². The van der Waals surface area contributed by atoms with Crippen LogP contribution in [0.1, 0.15) is 15.3 Å². The van der Waals surface area contributed by atoms with Gasteiger partial charge in [-0.15, -0.1) is 22.7 Å². The Morgan fingerprint density at radius 1 is 1.44 bits per heavy atom. The minimum Gasteiger partial charge on any atom is -0.317 e. The first kappa shape index (κ1) is 11.4. The maximum absolute atomic E-state index is 11.7.